The predicted octanol–water partition coefficient (Wildman–Crippen LogP) is 4.20. The molecule has 36 heavy (non-hydrogen) atoms. The second kappa shape index (κ2) is 12.0. The summed E-state index contributed by atoms with van der Waals surface area (Å²) in [6.07, 6.45) is 2.33. The Morgan fingerprint density at radius 3 is 2.36 bits per heavy atom. The van der Waals surface area contributed by atoms with Crippen LogP contribution >= 0.6 is 0 Å². The van der Waals surface area contributed by atoms with Crippen LogP contribution in [0.3, 0.4) is 0 Å². The van der Waals surface area contributed by atoms with Crippen LogP contribution in [-0.2, 0) is 9.53 Å². The second-order valence-corrected chi connectivity index (χ2v) is 8.33. The van der Waals surface area contributed by atoms with E-state index in [0.717, 1.165) is 11.1 Å². The highest BCUT2D eigenvalue weighted by Gasteiger charge is 2.29. The van der Waals surface area contributed by atoms with Crippen molar-refractivity contribution in [2.45, 2.75) is 24.7 Å². The maximum absolute atomic E-state index is 12.6. The van der Waals surface area contributed by atoms with Crippen molar-refractivity contribution in [3.8, 4) is 16.9 Å². The molecule has 1 aliphatic heterocycles. The van der Waals surface area contributed by atoms with Crippen LogP contribution in [0.25, 0.3) is 11.1 Å². The summed E-state index contributed by atoms with van der Waals surface area (Å²) in [4.78, 5) is 25.0. The molecule has 1 aliphatic rings. The van der Waals surface area contributed by atoms with Gasteiger partial charge in [-0.15, -0.1) is 0 Å². The van der Waals surface area contributed by atoms with Gasteiger partial charge in [0.15, 0.2) is 0 Å². The van der Waals surface area contributed by atoms with Gasteiger partial charge in [0.1, 0.15) is 11.9 Å². The fraction of sp³-hybridized carbons (Fsp3) is 0.214. The topological polar surface area (TPSA) is 109 Å². The fourth-order valence-corrected chi connectivity index (χ4v) is 3.93. The van der Waals surface area contributed by atoms with E-state index in [1.54, 1.807) is 43.5 Å². The third kappa shape index (κ3) is 6.71. The number of methoxy groups -OCH3 is 1. The van der Waals surface area contributed by atoms with Gasteiger partial charge in [-0.2, -0.15) is 0 Å². The van der Waals surface area contributed by atoms with Crippen molar-refractivity contribution in [3.05, 3.63) is 91.0 Å². The van der Waals surface area contributed by atoms with E-state index in [-0.39, 0.29) is 18.9 Å². The molecule has 8 heteroatoms. The molecule has 0 bridgehead atoms. The lowest BCUT2D eigenvalue weighted by molar-refractivity contribution is -0.120. The van der Waals surface area contributed by atoms with Crippen LogP contribution in [-0.4, -0.2) is 49.0 Å². The first-order valence-corrected chi connectivity index (χ1v) is 11.7. The summed E-state index contributed by atoms with van der Waals surface area (Å²) in [7, 11) is 1.55. The molecular formula is C28H29N3O5. The van der Waals surface area contributed by atoms with Gasteiger partial charge in [-0.25, -0.2) is 4.79 Å². The van der Waals surface area contributed by atoms with E-state index >= 15 is 0 Å². The average Bonchev–Trinajstić information content (AvgIpc) is 2.90. The maximum atomic E-state index is 12.6. The molecule has 3 amide bonds. The minimum atomic E-state index is -0.686. The lowest BCUT2D eigenvalue weighted by atomic mass is 10.0. The minimum absolute atomic E-state index is 0.0795. The van der Waals surface area contributed by atoms with Crippen LogP contribution in [0.5, 0.6) is 5.75 Å². The molecule has 0 aliphatic carbocycles. The van der Waals surface area contributed by atoms with E-state index in [2.05, 4.69) is 16.0 Å². The van der Waals surface area contributed by atoms with Crippen molar-refractivity contribution in [2.75, 3.05) is 24.4 Å². The predicted molar refractivity (Wildman–Crippen MR) is 139 cm³/mol. The van der Waals surface area contributed by atoms with E-state index < -0.39 is 24.3 Å². The number of nitrogens with one attached hydrogen (secondary N) is 3. The van der Waals surface area contributed by atoms with Crippen molar-refractivity contribution in [3.63, 3.8) is 0 Å². The summed E-state index contributed by atoms with van der Waals surface area (Å²) in [6, 6.07) is 23.6. The van der Waals surface area contributed by atoms with Crippen LogP contribution in [0.1, 0.15) is 6.42 Å². The Balaban J connectivity index is 1.29. The molecule has 8 nitrogen and oxygen atoms in total. The number of hydrogen-bond donors (Lipinski definition) is 4. The molecule has 0 fully saturated rings. The number of aliphatic hydroxyl groups excluding tert-OH is 1. The Kier molecular flexibility index (Phi) is 8.33. The Bertz CT molecular complexity index is 1200. The summed E-state index contributed by atoms with van der Waals surface area (Å²) in [5.41, 5.74) is 3.42. The molecule has 0 saturated heterocycles. The quantitative estimate of drug-likeness (QED) is 0.356. The minimum Gasteiger partial charge on any atom is -0.497 e. The summed E-state index contributed by atoms with van der Waals surface area (Å²) in [6.45, 7) is -0.312. The molecule has 0 aromatic heterocycles. The summed E-state index contributed by atoms with van der Waals surface area (Å²) >= 11 is 0. The van der Waals surface area contributed by atoms with Gasteiger partial charge in [-0.3, -0.25) is 4.79 Å². The number of carbonyl (C=O) groups is 2. The molecule has 3 atom stereocenters. The Morgan fingerprint density at radius 2 is 1.64 bits per heavy atom. The molecule has 0 unspecified atom stereocenters. The highest BCUT2D eigenvalue weighted by molar-refractivity contribution is 5.91. The number of hydrogen-bond acceptors (Lipinski definition) is 5. The van der Waals surface area contributed by atoms with Crippen LogP contribution in [0, 0.1) is 0 Å². The van der Waals surface area contributed by atoms with E-state index in [1.807, 2.05) is 54.6 Å². The zero-order valence-corrected chi connectivity index (χ0v) is 19.9. The number of ether oxygens (including phenoxy) is 2. The monoisotopic (exact) mass is 487 g/mol. The van der Waals surface area contributed by atoms with E-state index in [1.165, 1.54) is 0 Å². The molecule has 4 rings (SSSR count). The fourth-order valence-electron chi connectivity index (χ4n) is 3.93. The van der Waals surface area contributed by atoms with Gasteiger partial charge >= 0.3 is 6.03 Å². The van der Waals surface area contributed by atoms with E-state index in [4.69, 9.17) is 9.47 Å². The van der Waals surface area contributed by atoms with Crippen molar-refractivity contribution >= 4 is 23.3 Å². The molecule has 0 spiro atoms. The Hall–Kier alpha value is -4.14. The average molecular weight is 488 g/mol. The zero-order valence-electron chi connectivity index (χ0n) is 19.9. The van der Waals surface area contributed by atoms with Gasteiger partial charge in [0.25, 0.3) is 0 Å². The third-order valence-electron chi connectivity index (χ3n) is 5.75. The molecule has 1 heterocycles. The lowest BCUT2D eigenvalue weighted by Gasteiger charge is -2.31. The van der Waals surface area contributed by atoms with Gasteiger partial charge in [-0.05, 0) is 35.4 Å². The van der Waals surface area contributed by atoms with E-state index in [0.29, 0.717) is 17.1 Å². The normalized spacial score (nSPS) is 18.8. The molecule has 0 radical (unpaired) electrons. The number of benzene rings is 3. The number of carbonyl (C=O) groups excluding carboxylic acids is 2. The third-order valence-corrected chi connectivity index (χ3v) is 5.75. The standard InChI is InChI=1S/C28H29N3O5/c1-35-23-9-5-8-22(16-23)30-28(34)31-25-15-14-24(36-26(25)18-32)17-27(33)29-21-12-10-20(11-13-21)19-6-3-2-4-7-19/h2-16,24-26,32H,17-18H2,1H3,(H,29,33)(H2,30,31,34)/t24-,25-,26-/m0/s1. The van der Waals surface area contributed by atoms with Crippen LogP contribution in [0.4, 0.5) is 16.2 Å². The maximum Gasteiger partial charge on any atom is 0.319 e. The highest BCUT2D eigenvalue weighted by atomic mass is 16.5. The molecule has 0 saturated carbocycles. The molecule has 3 aromatic carbocycles. The van der Waals surface area contributed by atoms with Crippen molar-refractivity contribution in [1.29, 1.82) is 0 Å². The van der Waals surface area contributed by atoms with Crippen molar-refractivity contribution < 1.29 is 24.2 Å². The number of aliphatic hydroxyl groups is 1. The number of anilines is 2. The largest absolute Gasteiger partial charge is 0.497 e. The smallest absolute Gasteiger partial charge is 0.319 e. The van der Waals surface area contributed by atoms with Gasteiger partial charge in [0.05, 0.1) is 32.3 Å². The van der Waals surface area contributed by atoms with Gasteiger partial charge in [-0.1, -0.05) is 60.7 Å². The lowest BCUT2D eigenvalue weighted by Crippen LogP contribution is -2.50. The Morgan fingerprint density at radius 1 is 0.889 bits per heavy atom. The van der Waals surface area contributed by atoms with Crippen LogP contribution in [0.2, 0.25) is 0 Å². The van der Waals surface area contributed by atoms with Gasteiger partial charge in [0.2, 0.25) is 5.91 Å². The number of rotatable bonds is 8. The van der Waals surface area contributed by atoms with E-state index in [9.17, 15) is 14.7 Å². The molecule has 4 N–H and O–H groups in total. The van der Waals surface area contributed by atoms with Crippen molar-refractivity contribution in [1.82, 2.24) is 5.32 Å². The first-order chi connectivity index (χ1) is 17.5. The van der Waals surface area contributed by atoms with Crippen LogP contribution in [0.15, 0.2) is 91.0 Å². The molecule has 186 valence electrons. The second-order valence-electron chi connectivity index (χ2n) is 8.33. The first kappa shape index (κ1) is 25.0. The molecule has 3 aromatic rings. The highest BCUT2D eigenvalue weighted by Crippen LogP contribution is 2.22. The first-order valence-electron chi connectivity index (χ1n) is 11.7. The summed E-state index contributed by atoms with van der Waals surface area (Å²) in [5, 5.41) is 18.2. The summed E-state index contributed by atoms with van der Waals surface area (Å²) < 4.78 is 11.0. The summed E-state index contributed by atoms with van der Waals surface area (Å²) in [5.74, 6) is 0.408. The SMILES string of the molecule is COc1cccc(NC(=O)N[C@H]2C=C[C@@H](CC(=O)Nc3ccc(-c4ccccc4)cc3)O[C@H]2CO)c1. The number of urea groups is 1. The van der Waals surface area contributed by atoms with Crippen LogP contribution < -0.4 is 20.7 Å². The van der Waals surface area contributed by atoms with Crippen molar-refractivity contribution in [2.24, 2.45) is 0 Å². The Labute approximate surface area is 209 Å². The zero-order chi connectivity index (χ0) is 25.3. The van der Waals surface area contributed by atoms with Gasteiger partial charge < -0.3 is 30.5 Å². The number of amides is 3. The molecular weight excluding hydrogens is 458 g/mol. The van der Waals surface area contributed by atoms with Gasteiger partial charge in [0, 0.05) is 17.4 Å².